The molecule has 0 aliphatic rings. The largest absolute Gasteiger partial charge is 0.155 e. The monoisotopic (exact) mass is 252 g/mol. The summed E-state index contributed by atoms with van der Waals surface area (Å²) in [5, 5.41) is 8.27. The lowest BCUT2D eigenvalue weighted by atomic mass is 9.95. The Morgan fingerprint density at radius 3 is 2.44 bits per heavy atom. The Hall–Kier alpha value is -1.12. The molecule has 0 aliphatic heterocycles. The van der Waals surface area contributed by atoms with Crippen molar-refractivity contribution in [3.8, 4) is 0 Å². The van der Waals surface area contributed by atoms with Gasteiger partial charge >= 0.3 is 0 Å². The van der Waals surface area contributed by atoms with Crippen LogP contribution in [0.25, 0.3) is 0 Å². The van der Waals surface area contributed by atoms with Gasteiger partial charge in [-0.3, -0.25) is 0 Å². The SMILES string of the molecule is CC(c1ccccc1)c1cc(Cl)nnc1Cl. The van der Waals surface area contributed by atoms with Crippen molar-refractivity contribution in [1.29, 1.82) is 0 Å². The molecule has 2 nitrogen and oxygen atoms in total. The van der Waals surface area contributed by atoms with E-state index in [1.807, 2.05) is 18.2 Å². The van der Waals surface area contributed by atoms with Crippen LogP contribution in [0.2, 0.25) is 10.3 Å². The molecule has 2 aromatic rings. The Balaban J connectivity index is 2.41. The molecule has 1 unspecified atom stereocenters. The van der Waals surface area contributed by atoms with Gasteiger partial charge in [-0.05, 0) is 11.6 Å². The van der Waals surface area contributed by atoms with Crippen molar-refractivity contribution in [1.82, 2.24) is 10.2 Å². The maximum atomic E-state index is 6.01. The normalized spacial score (nSPS) is 12.4. The summed E-state index contributed by atoms with van der Waals surface area (Å²) in [5.41, 5.74) is 2.07. The van der Waals surface area contributed by atoms with E-state index in [4.69, 9.17) is 23.2 Å². The van der Waals surface area contributed by atoms with Crippen molar-refractivity contribution in [3.63, 3.8) is 0 Å². The van der Waals surface area contributed by atoms with Crippen molar-refractivity contribution >= 4 is 23.2 Å². The van der Waals surface area contributed by atoms with E-state index in [0.29, 0.717) is 10.3 Å². The first-order valence-corrected chi connectivity index (χ1v) is 5.67. The predicted molar refractivity (Wildman–Crippen MR) is 66.0 cm³/mol. The summed E-state index contributed by atoms with van der Waals surface area (Å²) in [4.78, 5) is 0. The van der Waals surface area contributed by atoms with Crippen LogP contribution in [0, 0.1) is 0 Å². The Morgan fingerprint density at radius 1 is 1.06 bits per heavy atom. The number of hydrogen-bond acceptors (Lipinski definition) is 2. The van der Waals surface area contributed by atoms with E-state index in [0.717, 1.165) is 5.56 Å². The first-order chi connectivity index (χ1) is 7.68. The molecule has 0 radical (unpaired) electrons. The molecule has 0 aliphatic carbocycles. The molecule has 1 heterocycles. The smallest absolute Gasteiger partial charge is 0.137 e. The van der Waals surface area contributed by atoms with Crippen LogP contribution in [0.4, 0.5) is 0 Å². The van der Waals surface area contributed by atoms with Gasteiger partial charge in [0.1, 0.15) is 0 Å². The fourth-order valence-corrected chi connectivity index (χ4v) is 2.00. The zero-order valence-corrected chi connectivity index (χ0v) is 10.2. The summed E-state index contributed by atoms with van der Waals surface area (Å²) in [6, 6.07) is 11.8. The first kappa shape index (κ1) is 11.4. The van der Waals surface area contributed by atoms with Gasteiger partial charge in [0.25, 0.3) is 0 Å². The molecule has 0 amide bonds. The van der Waals surface area contributed by atoms with Crippen LogP contribution in [-0.4, -0.2) is 10.2 Å². The second-order valence-electron chi connectivity index (χ2n) is 3.55. The molecule has 0 bridgehead atoms. The van der Waals surface area contributed by atoms with Gasteiger partial charge in [-0.1, -0.05) is 60.5 Å². The number of nitrogens with zero attached hydrogens (tertiary/aromatic N) is 2. The first-order valence-electron chi connectivity index (χ1n) is 4.92. The molecule has 1 atom stereocenters. The summed E-state index contributed by atoms with van der Waals surface area (Å²) < 4.78 is 0. The molecule has 16 heavy (non-hydrogen) atoms. The van der Waals surface area contributed by atoms with E-state index >= 15 is 0 Å². The summed E-state index contributed by atoms with van der Waals surface area (Å²) >= 11 is 11.8. The van der Waals surface area contributed by atoms with Gasteiger partial charge in [0.05, 0.1) is 0 Å². The van der Waals surface area contributed by atoms with Gasteiger partial charge in [0.2, 0.25) is 0 Å². The predicted octanol–water partition coefficient (Wildman–Crippen LogP) is 3.94. The number of hydrogen-bond donors (Lipinski definition) is 0. The molecule has 82 valence electrons. The molecular weight excluding hydrogens is 243 g/mol. The highest BCUT2D eigenvalue weighted by atomic mass is 35.5. The molecule has 0 spiro atoms. The van der Waals surface area contributed by atoms with Gasteiger partial charge in [-0.25, -0.2) is 0 Å². The third-order valence-corrected chi connectivity index (χ3v) is 2.99. The van der Waals surface area contributed by atoms with Gasteiger partial charge < -0.3 is 0 Å². The maximum absolute atomic E-state index is 6.01. The summed E-state index contributed by atoms with van der Waals surface area (Å²) in [6.45, 7) is 2.06. The third-order valence-electron chi connectivity index (χ3n) is 2.51. The standard InChI is InChI=1S/C12H10Cl2N2/c1-8(9-5-3-2-4-6-9)10-7-11(13)15-16-12(10)14/h2-8H,1H3. The van der Waals surface area contributed by atoms with Gasteiger partial charge in [0, 0.05) is 11.5 Å². The van der Waals surface area contributed by atoms with E-state index < -0.39 is 0 Å². The van der Waals surface area contributed by atoms with Crippen molar-refractivity contribution < 1.29 is 0 Å². The Labute approximate surface area is 104 Å². The highest BCUT2D eigenvalue weighted by Crippen LogP contribution is 2.29. The third kappa shape index (κ3) is 2.34. The quantitative estimate of drug-likeness (QED) is 0.810. The van der Waals surface area contributed by atoms with Crippen molar-refractivity contribution in [2.45, 2.75) is 12.8 Å². The molecule has 2 rings (SSSR count). The molecule has 0 fully saturated rings. The number of rotatable bonds is 2. The molecular formula is C12H10Cl2N2. The highest BCUT2D eigenvalue weighted by Gasteiger charge is 2.13. The van der Waals surface area contributed by atoms with Gasteiger partial charge in [-0.15, -0.1) is 10.2 Å². The van der Waals surface area contributed by atoms with Crippen LogP contribution in [0.5, 0.6) is 0 Å². The van der Waals surface area contributed by atoms with E-state index in [1.54, 1.807) is 6.07 Å². The van der Waals surface area contributed by atoms with E-state index in [1.165, 1.54) is 5.56 Å². The van der Waals surface area contributed by atoms with Crippen LogP contribution >= 0.6 is 23.2 Å². The second-order valence-corrected chi connectivity index (χ2v) is 4.29. The lowest BCUT2D eigenvalue weighted by molar-refractivity contribution is 0.886. The zero-order chi connectivity index (χ0) is 11.5. The maximum Gasteiger partial charge on any atom is 0.155 e. The van der Waals surface area contributed by atoms with Crippen molar-refractivity contribution in [2.24, 2.45) is 0 Å². The molecule has 1 aromatic carbocycles. The minimum Gasteiger partial charge on any atom is -0.137 e. The van der Waals surface area contributed by atoms with Gasteiger partial charge in [-0.2, -0.15) is 0 Å². The molecule has 4 heteroatoms. The Bertz CT molecular complexity index is 486. The topological polar surface area (TPSA) is 25.8 Å². The van der Waals surface area contributed by atoms with Crippen LogP contribution < -0.4 is 0 Å². The average molecular weight is 253 g/mol. The highest BCUT2D eigenvalue weighted by molar-refractivity contribution is 6.31. The van der Waals surface area contributed by atoms with Crippen molar-refractivity contribution in [3.05, 3.63) is 57.8 Å². The van der Waals surface area contributed by atoms with Crippen molar-refractivity contribution in [2.75, 3.05) is 0 Å². The summed E-state index contributed by atoms with van der Waals surface area (Å²) in [5.74, 6) is 0.154. The second kappa shape index (κ2) is 4.81. The molecule has 0 saturated carbocycles. The van der Waals surface area contributed by atoms with Crippen LogP contribution in [0.1, 0.15) is 24.0 Å². The summed E-state index contributed by atoms with van der Waals surface area (Å²) in [6.07, 6.45) is 0. The minimum atomic E-state index is 0.154. The van der Waals surface area contributed by atoms with E-state index in [-0.39, 0.29) is 5.92 Å². The molecule has 0 saturated heterocycles. The fourth-order valence-electron chi connectivity index (χ4n) is 1.59. The van der Waals surface area contributed by atoms with Crippen LogP contribution in [0.3, 0.4) is 0 Å². The Kier molecular flexibility index (Phi) is 3.42. The summed E-state index contributed by atoms with van der Waals surface area (Å²) in [7, 11) is 0. The van der Waals surface area contributed by atoms with E-state index in [2.05, 4.69) is 29.3 Å². The van der Waals surface area contributed by atoms with E-state index in [9.17, 15) is 0 Å². The van der Waals surface area contributed by atoms with Crippen LogP contribution in [-0.2, 0) is 0 Å². The zero-order valence-electron chi connectivity index (χ0n) is 8.69. The Morgan fingerprint density at radius 2 is 1.75 bits per heavy atom. The van der Waals surface area contributed by atoms with Gasteiger partial charge in [0.15, 0.2) is 10.3 Å². The van der Waals surface area contributed by atoms with Crippen LogP contribution in [0.15, 0.2) is 36.4 Å². The molecule has 0 N–H and O–H groups in total. The minimum absolute atomic E-state index is 0.154. The average Bonchev–Trinajstić information content (AvgIpc) is 2.32. The number of halogens is 2. The number of aromatic nitrogens is 2. The lowest BCUT2D eigenvalue weighted by Crippen LogP contribution is -1.99. The number of benzene rings is 1. The fraction of sp³-hybridized carbons (Fsp3) is 0.167. The molecule has 1 aromatic heterocycles. The lowest BCUT2D eigenvalue weighted by Gasteiger charge is -2.12.